The van der Waals surface area contributed by atoms with Crippen LogP contribution in [0.3, 0.4) is 0 Å². The molecule has 0 radical (unpaired) electrons. The van der Waals surface area contributed by atoms with E-state index in [2.05, 4.69) is 45.5 Å². The van der Waals surface area contributed by atoms with Crippen molar-refractivity contribution < 1.29 is 9.47 Å². The largest absolute Gasteiger partial charge is 0.497 e. The average Bonchev–Trinajstić information content (AvgIpc) is 3.27. The van der Waals surface area contributed by atoms with Gasteiger partial charge in [-0.15, -0.1) is 11.3 Å². The van der Waals surface area contributed by atoms with Crippen LogP contribution in [0.2, 0.25) is 0 Å². The molecule has 0 bridgehead atoms. The lowest BCUT2D eigenvalue weighted by Gasteiger charge is -2.32. The topological polar surface area (TPSA) is 46.6 Å². The Morgan fingerprint density at radius 2 is 1.87 bits per heavy atom. The quantitative estimate of drug-likeness (QED) is 0.575. The van der Waals surface area contributed by atoms with Crippen molar-refractivity contribution in [2.24, 2.45) is 0 Å². The number of thiazole rings is 1. The second-order valence-corrected chi connectivity index (χ2v) is 8.72. The predicted octanol–water partition coefficient (Wildman–Crippen LogP) is 4.58. The molecule has 0 spiro atoms. The van der Waals surface area contributed by atoms with Gasteiger partial charge in [0, 0.05) is 37.0 Å². The Kier molecular flexibility index (Phi) is 7.00. The molecule has 2 heterocycles. The van der Waals surface area contributed by atoms with Crippen molar-refractivity contribution in [1.29, 1.82) is 0 Å². The fraction of sp³-hybridized carbons (Fsp3) is 0.375. The maximum absolute atomic E-state index is 5.54. The Bertz CT molecular complexity index is 937. The van der Waals surface area contributed by atoms with Crippen molar-refractivity contribution in [3.05, 3.63) is 65.3 Å². The fourth-order valence-electron chi connectivity index (χ4n) is 3.89. The van der Waals surface area contributed by atoms with Crippen LogP contribution in [-0.2, 0) is 13.1 Å². The maximum atomic E-state index is 5.54. The number of nitrogens with zero attached hydrogens (tertiary/aromatic N) is 2. The van der Waals surface area contributed by atoms with Crippen molar-refractivity contribution in [2.45, 2.75) is 32.0 Å². The van der Waals surface area contributed by atoms with Gasteiger partial charge in [0.15, 0.2) is 0 Å². The van der Waals surface area contributed by atoms with E-state index in [0.717, 1.165) is 53.1 Å². The number of ether oxygens (including phenoxy) is 2. The Morgan fingerprint density at radius 3 is 2.60 bits per heavy atom. The average molecular weight is 424 g/mol. The van der Waals surface area contributed by atoms with Gasteiger partial charge in [-0.1, -0.05) is 30.3 Å². The third-order valence-electron chi connectivity index (χ3n) is 5.61. The monoisotopic (exact) mass is 423 g/mol. The molecule has 3 aromatic rings. The lowest BCUT2D eigenvalue weighted by Crippen LogP contribution is -2.41. The number of hydrogen-bond donors (Lipinski definition) is 1. The van der Waals surface area contributed by atoms with E-state index >= 15 is 0 Å². The fourth-order valence-corrected chi connectivity index (χ4v) is 4.79. The molecule has 6 heteroatoms. The normalized spacial score (nSPS) is 15.3. The van der Waals surface area contributed by atoms with E-state index in [9.17, 15) is 0 Å². The first-order valence-electron chi connectivity index (χ1n) is 10.4. The molecule has 5 nitrogen and oxygen atoms in total. The zero-order chi connectivity index (χ0) is 20.8. The summed E-state index contributed by atoms with van der Waals surface area (Å²) in [6.45, 7) is 4.14. The summed E-state index contributed by atoms with van der Waals surface area (Å²) in [5.74, 6) is 1.60. The molecule has 0 saturated carbocycles. The summed E-state index contributed by atoms with van der Waals surface area (Å²) in [6.07, 6.45) is 4.29. The highest BCUT2D eigenvalue weighted by Gasteiger charge is 2.19. The number of nitrogens with one attached hydrogen (secondary N) is 1. The number of aromatic nitrogens is 1. The van der Waals surface area contributed by atoms with Crippen LogP contribution in [0, 0.1) is 0 Å². The minimum Gasteiger partial charge on any atom is -0.497 e. The molecule has 1 fully saturated rings. The highest BCUT2D eigenvalue weighted by atomic mass is 32.1. The van der Waals surface area contributed by atoms with Crippen LogP contribution < -0.4 is 14.8 Å². The number of rotatable bonds is 8. The predicted molar refractivity (Wildman–Crippen MR) is 122 cm³/mol. The smallest absolute Gasteiger partial charge is 0.131 e. The number of hydrogen-bond acceptors (Lipinski definition) is 6. The van der Waals surface area contributed by atoms with Gasteiger partial charge in [-0.3, -0.25) is 4.90 Å². The summed E-state index contributed by atoms with van der Waals surface area (Å²) in [6, 6.07) is 17.2. The molecule has 4 rings (SSSR count). The standard InChI is InChI=1S/C24H29N3O2S/c1-28-20-8-9-21(22(14-20)29-2)23-15-26-24(30-23)16-25-19-10-12-27(13-11-19)17-18-6-4-3-5-7-18/h3-9,14-15,19,25H,10-13,16-17H2,1-2H3. The molecule has 30 heavy (non-hydrogen) atoms. The molecule has 158 valence electrons. The Labute approximate surface area is 182 Å². The first kappa shape index (κ1) is 20.8. The van der Waals surface area contributed by atoms with E-state index in [1.807, 2.05) is 24.4 Å². The van der Waals surface area contributed by atoms with Crippen molar-refractivity contribution in [3.63, 3.8) is 0 Å². The van der Waals surface area contributed by atoms with E-state index in [0.29, 0.717) is 6.04 Å². The highest BCUT2D eigenvalue weighted by Crippen LogP contribution is 2.36. The summed E-state index contributed by atoms with van der Waals surface area (Å²) in [5.41, 5.74) is 2.45. The van der Waals surface area contributed by atoms with Crippen LogP contribution in [-0.4, -0.2) is 43.2 Å². The molecule has 1 aromatic heterocycles. The van der Waals surface area contributed by atoms with E-state index in [-0.39, 0.29) is 0 Å². The van der Waals surface area contributed by atoms with Gasteiger partial charge in [0.25, 0.3) is 0 Å². The molecular weight excluding hydrogens is 394 g/mol. The third-order valence-corrected chi connectivity index (χ3v) is 6.64. The molecule has 1 N–H and O–H groups in total. The lowest BCUT2D eigenvalue weighted by atomic mass is 10.0. The molecule has 1 aliphatic rings. The Balaban J connectivity index is 1.28. The molecule has 0 atom stereocenters. The molecule has 1 aliphatic heterocycles. The first-order chi connectivity index (χ1) is 14.7. The van der Waals surface area contributed by atoms with Crippen molar-refractivity contribution >= 4 is 11.3 Å². The molecule has 2 aromatic carbocycles. The minimum atomic E-state index is 0.555. The van der Waals surface area contributed by atoms with Crippen molar-refractivity contribution in [3.8, 4) is 21.9 Å². The Morgan fingerprint density at radius 1 is 1.07 bits per heavy atom. The summed E-state index contributed by atoms with van der Waals surface area (Å²) < 4.78 is 10.8. The van der Waals surface area contributed by atoms with E-state index < -0.39 is 0 Å². The van der Waals surface area contributed by atoms with Crippen LogP contribution in [0.25, 0.3) is 10.4 Å². The molecule has 1 saturated heterocycles. The maximum Gasteiger partial charge on any atom is 0.131 e. The van der Waals surface area contributed by atoms with E-state index in [4.69, 9.17) is 9.47 Å². The zero-order valence-electron chi connectivity index (χ0n) is 17.6. The minimum absolute atomic E-state index is 0.555. The van der Waals surface area contributed by atoms with Gasteiger partial charge < -0.3 is 14.8 Å². The first-order valence-corrected chi connectivity index (χ1v) is 11.2. The molecule has 0 unspecified atom stereocenters. The summed E-state index contributed by atoms with van der Waals surface area (Å²) in [5, 5.41) is 4.81. The van der Waals surface area contributed by atoms with Crippen LogP contribution in [0.15, 0.2) is 54.7 Å². The number of benzene rings is 2. The number of methoxy groups -OCH3 is 2. The van der Waals surface area contributed by atoms with Crippen LogP contribution in [0.5, 0.6) is 11.5 Å². The summed E-state index contributed by atoms with van der Waals surface area (Å²) in [4.78, 5) is 8.29. The Hall–Kier alpha value is -2.41. The zero-order valence-corrected chi connectivity index (χ0v) is 18.5. The van der Waals surface area contributed by atoms with Gasteiger partial charge in [-0.25, -0.2) is 4.98 Å². The molecular formula is C24H29N3O2S. The van der Waals surface area contributed by atoms with E-state index in [1.54, 1.807) is 25.6 Å². The third kappa shape index (κ3) is 5.19. The van der Waals surface area contributed by atoms with Gasteiger partial charge in [-0.05, 0) is 43.6 Å². The second kappa shape index (κ2) is 10.1. The SMILES string of the molecule is COc1ccc(-c2cnc(CNC3CCN(Cc4ccccc4)CC3)s2)c(OC)c1. The summed E-state index contributed by atoms with van der Waals surface area (Å²) in [7, 11) is 3.35. The summed E-state index contributed by atoms with van der Waals surface area (Å²) >= 11 is 1.72. The van der Waals surface area contributed by atoms with Crippen LogP contribution in [0.4, 0.5) is 0 Å². The van der Waals surface area contributed by atoms with Crippen molar-refractivity contribution in [2.75, 3.05) is 27.3 Å². The number of piperidine rings is 1. The van der Waals surface area contributed by atoms with Gasteiger partial charge >= 0.3 is 0 Å². The van der Waals surface area contributed by atoms with Gasteiger partial charge in [-0.2, -0.15) is 0 Å². The molecule has 0 aliphatic carbocycles. The number of likely N-dealkylation sites (tertiary alicyclic amines) is 1. The van der Waals surface area contributed by atoms with Crippen LogP contribution in [0.1, 0.15) is 23.4 Å². The van der Waals surface area contributed by atoms with Gasteiger partial charge in [0.05, 0.1) is 19.1 Å². The van der Waals surface area contributed by atoms with Crippen molar-refractivity contribution in [1.82, 2.24) is 15.2 Å². The van der Waals surface area contributed by atoms with Gasteiger partial charge in [0.1, 0.15) is 16.5 Å². The van der Waals surface area contributed by atoms with E-state index in [1.165, 1.54) is 18.4 Å². The second-order valence-electron chi connectivity index (χ2n) is 7.60. The lowest BCUT2D eigenvalue weighted by molar-refractivity contribution is 0.190. The highest BCUT2D eigenvalue weighted by molar-refractivity contribution is 7.15. The van der Waals surface area contributed by atoms with Gasteiger partial charge in [0.2, 0.25) is 0 Å². The molecule has 0 amide bonds. The van der Waals surface area contributed by atoms with Crippen LogP contribution >= 0.6 is 11.3 Å².